The summed E-state index contributed by atoms with van der Waals surface area (Å²) >= 11 is 0. The molecule has 2 N–H and O–H groups in total. The van der Waals surface area contributed by atoms with E-state index >= 15 is 0 Å². The molecule has 7 nitrogen and oxygen atoms in total. The van der Waals surface area contributed by atoms with Crippen molar-refractivity contribution >= 4 is 18.9 Å². The van der Waals surface area contributed by atoms with Crippen molar-refractivity contribution in [3.05, 3.63) is 17.7 Å². The van der Waals surface area contributed by atoms with E-state index < -0.39 is 18.2 Å². The van der Waals surface area contributed by atoms with Gasteiger partial charge in [0.1, 0.15) is 17.9 Å². The van der Waals surface area contributed by atoms with Gasteiger partial charge in [-0.05, 0) is 38.2 Å². The van der Waals surface area contributed by atoms with Crippen molar-refractivity contribution in [1.82, 2.24) is 0 Å². The average Bonchev–Trinajstić information content (AvgIpc) is 2.84. The lowest BCUT2D eigenvalue weighted by Gasteiger charge is -2.27. The van der Waals surface area contributed by atoms with Crippen LogP contribution in [0.5, 0.6) is 11.5 Å². The number of aliphatic hydroxyl groups is 1. The normalized spacial score (nSPS) is 25.4. The fourth-order valence-corrected chi connectivity index (χ4v) is 3.05. The van der Waals surface area contributed by atoms with Crippen LogP contribution in [0.1, 0.15) is 45.1 Å². The van der Waals surface area contributed by atoms with Crippen LogP contribution >= 0.6 is 0 Å². The number of ether oxygens (including phenoxy) is 3. The lowest BCUT2D eigenvalue weighted by atomic mass is 9.85. The predicted octanol–water partition coefficient (Wildman–Crippen LogP) is 1.27. The van der Waals surface area contributed by atoms with Crippen LogP contribution in [0.2, 0.25) is 0 Å². The molecule has 2 aliphatic heterocycles. The van der Waals surface area contributed by atoms with E-state index in [1.54, 1.807) is 12.1 Å². The van der Waals surface area contributed by atoms with E-state index in [1.807, 2.05) is 13.8 Å². The number of hydrogen-bond acceptors (Lipinski definition) is 6. The fourth-order valence-electron chi connectivity index (χ4n) is 3.05. The Hall–Kier alpha value is -1.77. The van der Waals surface area contributed by atoms with Crippen LogP contribution in [0.15, 0.2) is 12.1 Å². The molecule has 0 aliphatic carbocycles. The molecular weight excluding hydrogens is 327 g/mol. The molecule has 0 bridgehead atoms. The van der Waals surface area contributed by atoms with E-state index in [2.05, 4.69) is 0 Å². The lowest BCUT2D eigenvalue weighted by molar-refractivity contribution is -0.170. The molecule has 0 spiro atoms. The first-order valence-corrected chi connectivity index (χ1v) is 8.46. The molecule has 2 heterocycles. The number of rotatable bonds is 6. The highest BCUT2D eigenvalue weighted by Crippen LogP contribution is 2.39. The summed E-state index contributed by atoms with van der Waals surface area (Å²) < 4.78 is 22.5. The maximum atomic E-state index is 11.1. The zero-order chi connectivity index (χ0) is 18.0. The van der Waals surface area contributed by atoms with Crippen LogP contribution in [-0.4, -0.2) is 42.7 Å². The number of hydrogen-bond donors (Lipinski definition) is 2. The molecule has 25 heavy (non-hydrogen) atoms. The van der Waals surface area contributed by atoms with E-state index in [9.17, 15) is 9.90 Å². The van der Waals surface area contributed by atoms with Gasteiger partial charge in [0.25, 0.3) is 0 Å². The number of carbonyl (C=O) groups is 1. The van der Waals surface area contributed by atoms with Gasteiger partial charge in [0, 0.05) is 18.1 Å². The Morgan fingerprint density at radius 3 is 2.88 bits per heavy atom. The zero-order valence-corrected chi connectivity index (χ0v) is 14.4. The number of aliphatic carboxylic acids is 1. The van der Waals surface area contributed by atoms with Crippen LogP contribution in [0.25, 0.3) is 0 Å². The Labute approximate surface area is 147 Å². The van der Waals surface area contributed by atoms with Crippen molar-refractivity contribution in [2.24, 2.45) is 0 Å². The predicted molar refractivity (Wildman–Crippen MR) is 89.0 cm³/mol. The summed E-state index contributed by atoms with van der Waals surface area (Å²) in [5.41, 5.74) is 0.841. The largest absolute Gasteiger partial charge is 0.490 e. The molecule has 0 saturated carbocycles. The SMILES string of the molecule is CC(C)Oc1cc(OC2CCCCO2)cc2c1C(O)(CC(=O)O)O[B]2. The second-order valence-corrected chi connectivity index (χ2v) is 6.56. The molecule has 1 saturated heterocycles. The second kappa shape index (κ2) is 7.23. The van der Waals surface area contributed by atoms with Gasteiger partial charge in [-0.1, -0.05) is 0 Å². The van der Waals surface area contributed by atoms with Gasteiger partial charge in [-0.15, -0.1) is 0 Å². The number of fused-ring (bicyclic) bond motifs is 1. The molecule has 1 aromatic carbocycles. The molecule has 3 rings (SSSR count). The van der Waals surface area contributed by atoms with Crippen molar-refractivity contribution in [2.75, 3.05) is 6.61 Å². The van der Waals surface area contributed by atoms with Gasteiger partial charge in [-0.25, -0.2) is 0 Å². The Kier molecular flexibility index (Phi) is 5.22. The Bertz CT molecular complexity index is 642. The molecule has 2 aliphatic rings. The first-order valence-electron chi connectivity index (χ1n) is 8.46. The summed E-state index contributed by atoms with van der Waals surface area (Å²) in [7, 11) is 1.33. The maximum Gasteiger partial charge on any atom is 0.335 e. The topological polar surface area (TPSA) is 94.5 Å². The smallest absolute Gasteiger partial charge is 0.335 e. The molecule has 2 atom stereocenters. The Balaban J connectivity index is 1.92. The fraction of sp³-hybridized carbons (Fsp3) is 0.588. The highest BCUT2D eigenvalue weighted by molar-refractivity contribution is 6.49. The second-order valence-electron chi connectivity index (χ2n) is 6.56. The summed E-state index contributed by atoms with van der Waals surface area (Å²) in [6.45, 7) is 4.36. The van der Waals surface area contributed by atoms with E-state index in [0.29, 0.717) is 29.1 Å². The molecule has 135 valence electrons. The molecule has 1 aromatic rings. The average molecular weight is 349 g/mol. The monoisotopic (exact) mass is 349 g/mol. The Morgan fingerprint density at radius 1 is 1.44 bits per heavy atom. The van der Waals surface area contributed by atoms with E-state index in [1.165, 1.54) is 7.48 Å². The third-order valence-electron chi connectivity index (χ3n) is 4.04. The van der Waals surface area contributed by atoms with Crippen LogP contribution in [0.4, 0.5) is 0 Å². The maximum absolute atomic E-state index is 11.1. The molecular formula is C17H22BO7. The van der Waals surface area contributed by atoms with Gasteiger partial charge in [-0.3, -0.25) is 4.79 Å². The van der Waals surface area contributed by atoms with Crippen molar-refractivity contribution in [3.63, 3.8) is 0 Å². The van der Waals surface area contributed by atoms with Crippen LogP contribution in [-0.2, 0) is 20.0 Å². The third-order valence-corrected chi connectivity index (χ3v) is 4.04. The van der Waals surface area contributed by atoms with Gasteiger partial charge in [0.05, 0.1) is 12.7 Å². The standard InChI is InChI=1S/C17H22BO7/c1-10(2)23-13-8-11(24-15-5-3-4-6-22-15)7-12-16(13)17(21,25-18-12)9-14(19)20/h7-8,10,15,21H,3-6,9H2,1-2H3,(H,19,20). The van der Waals surface area contributed by atoms with Gasteiger partial charge >= 0.3 is 13.5 Å². The third kappa shape index (κ3) is 4.08. The highest BCUT2D eigenvalue weighted by atomic mass is 16.7. The molecule has 1 fully saturated rings. The minimum atomic E-state index is -1.95. The van der Waals surface area contributed by atoms with Crippen LogP contribution in [0.3, 0.4) is 0 Å². The number of benzene rings is 1. The summed E-state index contributed by atoms with van der Waals surface area (Å²) in [6.07, 6.45) is 1.80. The van der Waals surface area contributed by atoms with Crippen molar-refractivity contribution in [3.8, 4) is 11.5 Å². The quantitative estimate of drug-likeness (QED) is 0.747. The minimum absolute atomic E-state index is 0.167. The lowest BCUT2D eigenvalue weighted by Crippen LogP contribution is -2.30. The van der Waals surface area contributed by atoms with E-state index in [0.717, 1.165) is 19.3 Å². The summed E-state index contributed by atoms with van der Waals surface area (Å²) in [5, 5.41) is 19.7. The summed E-state index contributed by atoms with van der Waals surface area (Å²) in [5.74, 6) is -2.25. The summed E-state index contributed by atoms with van der Waals surface area (Å²) in [6, 6.07) is 3.34. The van der Waals surface area contributed by atoms with E-state index in [-0.39, 0.29) is 12.4 Å². The molecule has 2 unspecified atom stereocenters. The summed E-state index contributed by atoms with van der Waals surface area (Å²) in [4.78, 5) is 11.1. The molecule has 0 amide bonds. The molecule has 0 aromatic heterocycles. The number of carboxylic acids is 1. The van der Waals surface area contributed by atoms with Crippen molar-refractivity contribution in [1.29, 1.82) is 0 Å². The first-order chi connectivity index (χ1) is 11.9. The first kappa shape index (κ1) is 18.0. The van der Waals surface area contributed by atoms with Gasteiger partial charge in [0.15, 0.2) is 12.1 Å². The minimum Gasteiger partial charge on any atom is -0.490 e. The molecule has 1 radical (unpaired) electrons. The van der Waals surface area contributed by atoms with Crippen molar-refractivity contribution < 1.29 is 33.9 Å². The molecule has 8 heteroatoms. The zero-order valence-electron chi connectivity index (χ0n) is 14.4. The van der Waals surface area contributed by atoms with Crippen molar-refractivity contribution in [2.45, 2.75) is 57.7 Å². The number of carboxylic acid groups (broad SMARTS) is 1. The van der Waals surface area contributed by atoms with Gasteiger partial charge < -0.3 is 29.1 Å². The van der Waals surface area contributed by atoms with Gasteiger partial charge in [0.2, 0.25) is 0 Å². The van der Waals surface area contributed by atoms with Gasteiger partial charge in [-0.2, -0.15) is 0 Å². The van der Waals surface area contributed by atoms with Crippen LogP contribution in [0, 0.1) is 0 Å². The van der Waals surface area contributed by atoms with Crippen LogP contribution < -0.4 is 14.9 Å². The highest BCUT2D eigenvalue weighted by Gasteiger charge is 2.44. The van der Waals surface area contributed by atoms with E-state index in [4.69, 9.17) is 24.0 Å². The Morgan fingerprint density at radius 2 is 2.24 bits per heavy atom.